The molecule has 0 aliphatic rings. The predicted molar refractivity (Wildman–Crippen MR) is 53.6 cm³/mol. The Morgan fingerprint density at radius 1 is 1.00 bits per heavy atom. The lowest BCUT2D eigenvalue weighted by Gasteiger charge is -1.95. The summed E-state index contributed by atoms with van der Waals surface area (Å²) in [5.74, 6) is 1.18. The summed E-state index contributed by atoms with van der Waals surface area (Å²) in [6, 6.07) is 11.0. The molecule has 2 aromatic rings. The van der Waals surface area contributed by atoms with E-state index >= 15 is 0 Å². The van der Waals surface area contributed by atoms with Gasteiger partial charge in [0.15, 0.2) is 5.88 Å². The van der Waals surface area contributed by atoms with Crippen molar-refractivity contribution < 1.29 is 4.42 Å². The average molecular weight is 194 g/mol. The van der Waals surface area contributed by atoms with Crippen molar-refractivity contribution >= 4 is 17.5 Å². The molecule has 0 unspecified atom stereocenters. The summed E-state index contributed by atoms with van der Waals surface area (Å²) in [5.41, 5.74) is 6.43. The predicted octanol–water partition coefficient (Wildman–Crippen LogP) is 3.18. The summed E-state index contributed by atoms with van der Waals surface area (Å²) in [5, 5.41) is 0.711. The molecule has 66 valence electrons. The highest BCUT2D eigenvalue weighted by molar-refractivity contribution is 6.30. The Hall–Kier alpha value is -1.41. The van der Waals surface area contributed by atoms with Gasteiger partial charge >= 0.3 is 0 Å². The third-order valence-electron chi connectivity index (χ3n) is 1.76. The summed E-state index contributed by atoms with van der Waals surface area (Å²) < 4.78 is 5.24. The highest BCUT2D eigenvalue weighted by Crippen LogP contribution is 2.24. The van der Waals surface area contributed by atoms with Gasteiger partial charge in [-0.15, -0.1) is 0 Å². The molecule has 0 radical (unpaired) electrons. The second kappa shape index (κ2) is 3.15. The Bertz CT molecular complexity index is 405. The standard InChI is InChI=1S/C10H8ClNO/c11-8-3-1-7(2-4-8)9-5-6-10(12)13-9/h1-6H,12H2. The Morgan fingerprint density at radius 2 is 1.69 bits per heavy atom. The number of hydrogen-bond donors (Lipinski definition) is 1. The van der Waals surface area contributed by atoms with Gasteiger partial charge in [-0.2, -0.15) is 0 Å². The monoisotopic (exact) mass is 193 g/mol. The first-order valence-electron chi connectivity index (χ1n) is 3.87. The Balaban J connectivity index is 2.41. The zero-order valence-corrected chi connectivity index (χ0v) is 7.58. The van der Waals surface area contributed by atoms with E-state index in [1.807, 2.05) is 30.3 Å². The second-order valence-electron chi connectivity index (χ2n) is 2.71. The lowest BCUT2D eigenvalue weighted by atomic mass is 10.2. The van der Waals surface area contributed by atoms with E-state index in [0.717, 1.165) is 11.3 Å². The average Bonchev–Trinajstić information content (AvgIpc) is 2.53. The Kier molecular flexibility index (Phi) is 1.99. The molecule has 2 nitrogen and oxygen atoms in total. The van der Waals surface area contributed by atoms with Crippen molar-refractivity contribution in [3.8, 4) is 11.3 Å². The molecule has 1 aromatic heterocycles. The van der Waals surface area contributed by atoms with Crippen LogP contribution in [0.5, 0.6) is 0 Å². The molecule has 0 saturated heterocycles. The zero-order valence-electron chi connectivity index (χ0n) is 6.83. The van der Waals surface area contributed by atoms with Crippen molar-refractivity contribution in [2.45, 2.75) is 0 Å². The van der Waals surface area contributed by atoms with Crippen LogP contribution in [0.3, 0.4) is 0 Å². The van der Waals surface area contributed by atoms with E-state index in [2.05, 4.69) is 0 Å². The van der Waals surface area contributed by atoms with Crippen LogP contribution in [-0.4, -0.2) is 0 Å². The highest BCUT2D eigenvalue weighted by Gasteiger charge is 2.01. The van der Waals surface area contributed by atoms with E-state index in [1.54, 1.807) is 6.07 Å². The van der Waals surface area contributed by atoms with Gasteiger partial charge in [0.2, 0.25) is 0 Å². The molecule has 13 heavy (non-hydrogen) atoms. The SMILES string of the molecule is Nc1ccc(-c2ccc(Cl)cc2)o1. The third kappa shape index (κ3) is 1.68. The maximum Gasteiger partial charge on any atom is 0.190 e. The van der Waals surface area contributed by atoms with Crippen molar-refractivity contribution in [1.82, 2.24) is 0 Å². The summed E-state index contributed by atoms with van der Waals surface area (Å²) >= 11 is 5.75. The van der Waals surface area contributed by atoms with E-state index in [-0.39, 0.29) is 0 Å². The van der Waals surface area contributed by atoms with Gasteiger partial charge in [0.1, 0.15) is 5.76 Å². The van der Waals surface area contributed by atoms with Crippen molar-refractivity contribution in [3.05, 3.63) is 41.4 Å². The lowest BCUT2D eigenvalue weighted by Crippen LogP contribution is -1.76. The van der Waals surface area contributed by atoms with Crippen LogP contribution in [0.4, 0.5) is 5.88 Å². The first kappa shape index (κ1) is 8.20. The number of rotatable bonds is 1. The van der Waals surface area contributed by atoms with Crippen molar-refractivity contribution in [2.75, 3.05) is 5.73 Å². The van der Waals surface area contributed by atoms with Crippen LogP contribution in [-0.2, 0) is 0 Å². The molecule has 0 aliphatic heterocycles. The molecule has 0 spiro atoms. The van der Waals surface area contributed by atoms with E-state index < -0.39 is 0 Å². The van der Waals surface area contributed by atoms with E-state index in [4.69, 9.17) is 21.8 Å². The molecule has 0 saturated carbocycles. The largest absolute Gasteiger partial charge is 0.441 e. The van der Waals surface area contributed by atoms with Gasteiger partial charge in [-0.25, -0.2) is 0 Å². The van der Waals surface area contributed by atoms with Gasteiger partial charge in [-0.1, -0.05) is 11.6 Å². The molecule has 0 fully saturated rings. The smallest absolute Gasteiger partial charge is 0.190 e. The molecule has 0 aliphatic carbocycles. The fourth-order valence-electron chi connectivity index (χ4n) is 1.12. The molecule has 0 atom stereocenters. The van der Waals surface area contributed by atoms with Crippen LogP contribution in [0.1, 0.15) is 0 Å². The molecular weight excluding hydrogens is 186 g/mol. The third-order valence-corrected chi connectivity index (χ3v) is 2.01. The molecule has 1 aromatic carbocycles. The van der Waals surface area contributed by atoms with Gasteiger partial charge in [0, 0.05) is 16.7 Å². The molecule has 2 rings (SSSR count). The number of benzene rings is 1. The minimum atomic E-state index is 0.421. The maximum absolute atomic E-state index is 5.75. The summed E-state index contributed by atoms with van der Waals surface area (Å²) in [6.45, 7) is 0. The highest BCUT2D eigenvalue weighted by atomic mass is 35.5. The van der Waals surface area contributed by atoms with Gasteiger partial charge in [0.25, 0.3) is 0 Å². The fourth-order valence-corrected chi connectivity index (χ4v) is 1.25. The minimum absolute atomic E-state index is 0.421. The van der Waals surface area contributed by atoms with Gasteiger partial charge in [-0.05, 0) is 30.3 Å². The molecule has 2 N–H and O–H groups in total. The molecule has 0 amide bonds. The number of nitrogen functional groups attached to an aromatic ring is 1. The molecule has 1 heterocycles. The zero-order chi connectivity index (χ0) is 9.26. The Morgan fingerprint density at radius 3 is 2.23 bits per heavy atom. The summed E-state index contributed by atoms with van der Waals surface area (Å²) in [4.78, 5) is 0. The van der Waals surface area contributed by atoms with Gasteiger partial charge in [0.05, 0.1) is 0 Å². The Labute approximate surface area is 80.9 Å². The van der Waals surface area contributed by atoms with E-state index in [1.165, 1.54) is 0 Å². The topological polar surface area (TPSA) is 39.2 Å². The number of halogens is 1. The van der Waals surface area contributed by atoms with E-state index in [9.17, 15) is 0 Å². The number of furan rings is 1. The van der Waals surface area contributed by atoms with Crippen molar-refractivity contribution in [2.24, 2.45) is 0 Å². The summed E-state index contributed by atoms with van der Waals surface area (Å²) in [6.07, 6.45) is 0. The van der Waals surface area contributed by atoms with Crippen LogP contribution < -0.4 is 5.73 Å². The molecular formula is C10H8ClNO. The summed E-state index contributed by atoms with van der Waals surface area (Å²) in [7, 11) is 0. The van der Waals surface area contributed by atoms with Gasteiger partial charge < -0.3 is 10.2 Å². The normalized spacial score (nSPS) is 10.2. The minimum Gasteiger partial charge on any atom is -0.441 e. The first-order chi connectivity index (χ1) is 6.25. The van der Waals surface area contributed by atoms with Crippen LogP contribution in [0.2, 0.25) is 5.02 Å². The fraction of sp³-hybridized carbons (Fsp3) is 0. The van der Waals surface area contributed by atoms with Crippen LogP contribution in [0.25, 0.3) is 11.3 Å². The van der Waals surface area contributed by atoms with Gasteiger partial charge in [-0.3, -0.25) is 0 Å². The molecule has 0 bridgehead atoms. The maximum atomic E-state index is 5.75. The van der Waals surface area contributed by atoms with Crippen LogP contribution in [0, 0.1) is 0 Å². The molecule has 3 heteroatoms. The quantitative estimate of drug-likeness (QED) is 0.756. The number of anilines is 1. The number of hydrogen-bond acceptors (Lipinski definition) is 2. The van der Waals surface area contributed by atoms with Crippen LogP contribution in [0.15, 0.2) is 40.8 Å². The van der Waals surface area contributed by atoms with Crippen LogP contribution >= 0.6 is 11.6 Å². The number of nitrogens with two attached hydrogens (primary N) is 1. The lowest BCUT2D eigenvalue weighted by molar-refractivity contribution is 0.603. The second-order valence-corrected chi connectivity index (χ2v) is 3.15. The van der Waals surface area contributed by atoms with E-state index in [0.29, 0.717) is 10.9 Å². The first-order valence-corrected chi connectivity index (χ1v) is 4.25. The van der Waals surface area contributed by atoms with Crippen molar-refractivity contribution in [3.63, 3.8) is 0 Å². The van der Waals surface area contributed by atoms with Crippen molar-refractivity contribution in [1.29, 1.82) is 0 Å².